The fourth-order valence-corrected chi connectivity index (χ4v) is 7.25. The maximum atomic E-state index is 12.9. The van der Waals surface area contributed by atoms with Gasteiger partial charge in [-0.15, -0.1) is 11.3 Å². The molecule has 1 N–H and O–H groups in total. The summed E-state index contributed by atoms with van der Waals surface area (Å²) in [6.07, 6.45) is 6.86. The van der Waals surface area contributed by atoms with E-state index in [-0.39, 0.29) is 17.6 Å². The molecular weight excluding hydrogens is 511 g/mol. The summed E-state index contributed by atoms with van der Waals surface area (Å²) in [7, 11) is 2.04. The second kappa shape index (κ2) is 13.0. The maximum absolute atomic E-state index is 12.9. The molecule has 2 heterocycles. The standard InChI is InChI=1S/C27H35N3O3S3/c1-3-33-26(32)24-21-14-15-30(16-19-10-6-4-7-11-19)17-22(21)36-25(24)28-23(31)18-35-27(34)29(2)20-12-8-5-9-13-20/h4,6-7,10-11,20H,3,5,8-9,12-18H2,1-2H3,(H,28,31). The number of carbonyl (C=O) groups is 2. The number of hydrogen-bond acceptors (Lipinski definition) is 7. The van der Waals surface area contributed by atoms with Crippen molar-refractivity contribution < 1.29 is 14.3 Å². The van der Waals surface area contributed by atoms with E-state index in [1.165, 1.54) is 47.9 Å². The lowest BCUT2D eigenvalue weighted by atomic mass is 9.95. The summed E-state index contributed by atoms with van der Waals surface area (Å²) in [5.74, 6) is -0.285. The van der Waals surface area contributed by atoms with Crippen molar-refractivity contribution >= 4 is 56.5 Å². The molecule has 1 aromatic carbocycles. The highest BCUT2D eigenvalue weighted by Crippen LogP contribution is 2.38. The number of benzene rings is 1. The summed E-state index contributed by atoms with van der Waals surface area (Å²) in [6, 6.07) is 10.9. The van der Waals surface area contributed by atoms with Gasteiger partial charge in [0.05, 0.1) is 17.9 Å². The number of esters is 1. The molecule has 194 valence electrons. The Hall–Kier alpha value is -1.94. The molecule has 0 saturated heterocycles. The summed E-state index contributed by atoms with van der Waals surface area (Å²) in [5, 5.41) is 3.60. The van der Waals surface area contributed by atoms with Gasteiger partial charge in [-0.05, 0) is 37.3 Å². The van der Waals surface area contributed by atoms with Gasteiger partial charge in [0.15, 0.2) is 0 Å². The van der Waals surface area contributed by atoms with Crippen molar-refractivity contribution in [3.8, 4) is 0 Å². The molecule has 0 spiro atoms. The predicted octanol–water partition coefficient (Wildman–Crippen LogP) is 5.70. The van der Waals surface area contributed by atoms with Gasteiger partial charge in [0.2, 0.25) is 5.91 Å². The number of carbonyl (C=O) groups excluding carboxylic acids is 2. The Bertz CT molecular complexity index is 1070. The van der Waals surface area contributed by atoms with Crippen molar-refractivity contribution in [1.82, 2.24) is 9.80 Å². The first kappa shape index (κ1) is 27.1. The fourth-order valence-electron chi connectivity index (χ4n) is 4.95. The van der Waals surface area contributed by atoms with Gasteiger partial charge in [0, 0.05) is 37.6 Å². The van der Waals surface area contributed by atoms with Crippen LogP contribution in [-0.4, -0.2) is 58.0 Å². The molecule has 1 amide bonds. The van der Waals surface area contributed by atoms with Crippen molar-refractivity contribution in [2.45, 2.75) is 64.6 Å². The minimum atomic E-state index is -0.359. The first-order valence-electron chi connectivity index (χ1n) is 12.7. The Labute approximate surface area is 227 Å². The Morgan fingerprint density at radius 2 is 1.97 bits per heavy atom. The molecule has 0 bridgehead atoms. The monoisotopic (exact) mass is 545 g/mol. The summed E-state index contributed by atoms with van der Waals surface area (Å²) in [5.41, 5.74) is 2.80. The van der Waals surface area contributed by atoms with Crippen LogP contribution in [0.3, 0.4) is 0 Å². The van der Waals surface area contributed by atoms with E-state index in [4.69, 9.17) is 17.0 Å². The first-order chi connectivity index (χ1) is 17.5. The van der Waals surface area contributed by atoms with E-state index in [0.717, 1.165) is 53.7 Å². The van der Waals surface area contributed by atoms with Crippen LogP contribution in [0.2, 0.25) is 0 Å². The average Bonchev–Trinajstić information content (AvgIpc) is 3.25. The van der Waals surface area contributed by atoms with Crippen molar-refractivity contribution in [3.63, 3.8) is 0 Å². The molecule has 1 aromatic heterocycles. The summed E-state index contributed by atoms with van der Waals surface area (Å²) in [4.78, 5) is 31.4. The lowest BCUT2D eigenvalue weighted by Gasteiger charge is -2.32. The molecule has 0 atom stereocenters. The first-order valence-corrected chi connectivity index (χ1v) is 14.9. The van der Waals surface area contributed by atoms with Crippen molar-refractivity contribution in [2.75, 3.05) is 31.3 Å². The lowest BCUT2D eigenvalue weighted by molar-refractivity contribution is -0.113. The predicted molar refractivity (Wildman–Crippen MR) is 153 cm³/mol. The Morgan fingerprint density at radius 3 is 2.69 bits per heavy atom. The van der Waals surface area contributed by atoms with Gasteiger partial charge in [0.25, 0.3) is 0 Å². The van der Waals surface area contributed by atoms with Gasteiger partial charge in [-0.1, -0.05) is 73.6 Å². The third-order valence-electron chi connectivity index (χ3n) is 6.85. The van der Waals surface area contributed by atoms with Crippen LogP contribution >= 0.6 is 35.3 Å². The minimum absolute atomic E-state index is 0.148. The van der Waals surface area contributed by atoms with Crippen LogP contribution < -0.4 is 5.32 Å². The highest BCUT2D eigenvalue weighted by Gasteiger charge is 2.30. The second-order valence-corrected chi connectivity index (χ2v) is 12.1. The molecule has 9 heteroatoms. The van der Waals surface area contributed by atoms with Crippen LogP contribution in [0.1, 0.15) is 65.4 Å². The quantitative estimate of drug-likeness (QED) is 0.337. The van der Waals surface area contributed by atoms with Gasteiger partial charge in [-0.2, -0.15) is 0 Å². The SMILES string of the molecule is CCOC(=O)c1c(NC(=O)CSC(=S)N(C)C2CCCCC2)sc2c1CCN(Cc1ccccc1)C2. The number of amides is 1. The summed E-state index contributed by atoms with van der Waals surface area (Å²) in [6.45, 7) is 4.57. The smallest absolute Gasteiger partial charge is 0.341 e. The van der Waals surface area contributed by atoms with E-state index >= 15 is 0 Å². The van der Waals surface area contributed by atoms with Crippen molar-refractivity contribution in [2.24, 2.45) is 0 Å². The number of nitrogens with zero attached hydrogens (tertiary/aromatic N) is 2. The highest BCUT2D eigenvalue weighted by molar-refractivity contribution is 8.23. The molecule has 6 nitrogen and oxygen atoms in total. The number of anilines is 1. The molecule has 4 rings (SSSR count). The minimum Gasteiger partial charge on any atom is -0.462 e. The highest BCUT2D eigenvalue weighted by atomic mass is 32.2. The Balaban J connectivity index is 1.41. The summed E-state index contributed by atoms with van der Waals surface area (Å²) >= 11 is 8.50. The van der Waals surface area contributed by atoms with E-state index < -0.39 is 0 Å². The van der Waals surface area contributed by atoms with Gasteiger partial charge in [-0.25, -0.2) is 4.79 Å². The van der Waals surface area contributed by atoms with Gasteiger partial charge >= 0.3 is 5.97 Å². The Morgan fingerprint density at radius 1 is 1.22 bits per heavy atom. The summed E-state index contributed by atoms with van der Waals surface area (Å²) < 4.78 is 6.12. The molecule has 1 aliphatic carbocycles. The molecular formula is C27H35N3O3S3. The molecule has 1 saturated carbocycles. The molecule has 0 unspecified atom stereocenters. The molecule has 1 fully saturated rings. The average molecular weight is 546 g/mol. The Kier molecular flexibility index (Phi) is 9.81. The molecule has 0 radical (unpaired) electrons. The second-order valence-electron chi connectivity index (χ2n) is 9.38. The van der Waals surface area contributed by atoms with E-state index in [0.29, 0.717) is 23.2 Å². The molecule has 2 aliphatic rings. The molecule has 2 aromatic rings. The maximum Gasteiger partial charge on any atom is 0.341 e. The third kappa shape index (κ3) is 6.88. The number of fused-ring (bicyclic) bond motifs is 1. The van der Waals surface area contributed by atoms with Gasteiger partial charge in [-0.3, -0.25) is 9.69 Å². The normalized spacial score (nSPS) is 16.3. The van der Waals surface area contributed by atoms with Crippen molar-refractivity contribution in [1.29, 1.82) is 0 Å². The largest absolute Gasteiger partial charge is 0.462 e. The zero-order chi connectivity index (χ0) is 25.5. The number of thiophene rings is 1. The van der Waals surface area contributed by atoms with Crippen LogP contribution in [0.15, 0.2) is 30.3 Å². The van der Waals surface area contributed by atoms with Gasteiger partial charge < -0.3 is 15.0 Å². The number of hydrogen-bond donors (Lipinski definition) is 1. The van der Waals surface area contributed by atoms with E-state index in [1.54, 1.807) is 6.92 Å². The lowest BCUT2D eigenvalue weighted by Crippen LogP contribution is -2.36. The number of ether oxygens (including phenoxy) is 1. The van der Waals surface area contributed by atoms with Crippen LogP contribution in [-0.2, 0) is 29.0 Å². The number of rotatable bonds is 8. The van der Waals surface area contributed by atoms with E-state index in [2.05, 4.69) is 39.4 Å². The van der Waals surface area contributed by atoms with Crippen LogP contribution in [0.5, 0.6) is 0 Å². The number of thioether (sulfide) groups is 1. The number of thiocarbonyl (C=S) groups is 1. The van der Waals surface area contributed by atoms with E-state index in [1.807, 2.05) is 13.1 Å². The van der Waals surface area contributed by atoms with Crippen molar-refractivity contribution in [3.05, 3.63) is 51.9 Å². The zero-order valence-corrected chi connectivity index (χ0v) is 23.5. The zero-order valence-electron chi connectivity index (χ0n) is 21.1. The number of nitrogens with one attached hydrogen (secondary N) is 1. The molecule has 36 heavy (non-hydrogen) atoms. The van der Waals surface area contributed by atoms with Crippen LogP contribution in [0, 0.1) is 0 Å². The van der Waals surface area contributed by atoms with E-state index in [9.17, 15) is 9.59 Å². The molecule has 1 aliphatic heterocycles. The van der Waals surface area contributed by atoms with Gasteiger partial charge in [0.1, 0.15) is 9.32 Å². The topological polar surface area (TPSA) is 61.9 Å². The van der Waals surface area contributed by atoms with Crippen LogP contribution in [0.25, 0.3) is 0 Å². The third-order valence-corrected chi connectivity index (χ3v) is 9.57. The fraction of sp³-hybridized carbons (Fsp3) is 0.519. The van der Waals surface area contributed by atoms with Crippen LogP contribution in [0.4, 0.5) is 5.00 Å².